The van der Waals surface area contributed by atoms with E-state index in [0.29, 0.717) is 11.4 Å². The van der Waals surface area contributed by atoms with Crippen molar-refractivity contribution in [2.75, 3.05) is 16.8 Å². The van der Waals surface area contributed by atoms with Gasteiger partial charge in [0, 0.05) is 30.3 Å². The van der Waals surface area contributed by atoms with Crippen LogP contribution in [0.1, 0.15) is 26.7 Å². The summed E-state index contributed by atoms with van der Waals surface area (Å²) >= 11 is 0. The van der Waals surface area contributed by atoms with Crippen LogP contribution in [0.2, 0.25) is 0 Å². The predicted molar refractivity (Wildman–Crippen MR) is 82.6 cm³/mol. The lowest BCUT2D eigenvalue weighted by molar-refractivity contribution is -0.141. The number of carbonyl (C=O) groups is 3. The van der Waals surface area contributed by atoms with Gasteiger partial charge in [-0.2, -0.15) is 0 Å². The highest BCUT2D eigenvalue weighted by Gasteiger charge is 2.34. The molecule has 0 aromatic heterocycles. The molecule has 0 saturated carbocycles. The number of aliphatic carboxylic acids is 1. The molecule has 2 N–H and O–H groups in total. The number of amides is 2. The molecule has 1 aliphatic heterocycles. The van der Waals surface area contributed by atoms with Gasteiger partial charge in [0.1, 0.15) is 0 Å². The van der Waals surface area contributed by atoms with E-state index in [2.05, 4.69) is 5.32 Å². The van der Waals surface area contributed by atoms with Crippen LogP contribution in [-0.4, -0.2) is 29.4 Å². The Hall–Kier alpha value is -2.37. The first-order valence-corrected chi connectivity index (χ1v) is 7.36. The van der Waals surface area contributed by atoms with E-state index < -0.39 is 11.9 Å². The average Bonchev–Trinajstić information content (AvgIpc) is 2.89. The zero-order chi connectivity index (χ0) is 16.3. The molecule has 6 heteroatoms. The summed E-state index contributed by atoms with van der Waals surface area (Å²) in [7, 11) is 0. The van der Waals surface area contributed by atoms with Crippen molar-refractivity contribution in [1.82, 2.24) is 0 Å². The van der Waals surface area contributed by atoms with Crippen molar-refractivity contribution in [3.8, 4) is 0 Å². The first-order chi connectivity index (χ1) is 10.4. The molecule has 0 spiro atoms. The Morgan fingerprint density at radius 2 is 2.00 bits per heavy atom. The zero-order valence-corrected chi connectivity index (χ0v) is 12.7. The van der Waals surface area contributed by atoms with Gasteiger partial charge in [0.15, 0.2) is 0 Å². The third-order valence-corrected chi connectivity index (χ3v) is 3.98. The molecular weight excluding hydrogens is 284 g/mol. The van der Waals surface area contributed by atoms with Gasteiger partial charge in [-0.3, -0.25) is 14.4 Å². The summed E-state index contributed by atoms with van der Waals surface area (Å²) in [4.78, 5) is 36.1. The summed E-state index contributed by atoms with van der Waals surface area (Å²) in [5.74, 6) is -1.90. The normalized spacial score (nSPS) is 19.1. The number of hydrogen-bond acceptors (Lipinski definition) is 3. The van der Waals surface area contributed by atoms with E-state index in [1.54, 1.807) is 24.3 Å². The molecule has 22 heavy (non-hydrogen) atoms. The van der Waals surface area contributed by atoms with Gasteiger partial charge in [0.2, 0.25) is 11.8 Å². The second-order valence-electron chi connectivity index (χ2n) is 5.59. The summed E-state index contributed by atoms with van der Waals surface area (Å²) in [6.45, 7) is 4.00. The molecule has 6 nitrogen and oxygen atoms in total. The number of nitrogens with zero attached hydrogens (tertiary/aromatic N) is 1. The van der Waals surface area contributed by atoms with E-state index in [0.717, 1.165) is 6.42 Å². The van der Waals surface area contributed by atoms with Crippen molar-refractivity contribution in [2.24, 2.45) is 11.8 Å². The second kappa shape index (κ2) is 6.60. The van der Waals surface area contributed by atoms with Gasteiger partial charge < -0.3 is 15.3 Å². The fraction of sp³-hybridized carbons (Fsp3) is 0.438. The Morgan fingerprint density at radius 3 is 2.50 bits per heavy atom. The molecule has 2 atom stereocenters. The fourth-order valence-corrected chi connectivity index (χ4v) is 2.30. The van der Waals surface area contributed by atoms with Crippen LogP contribution >= 0.6 is 0 Å². The topological polar surface area (TPSA) is 86.7 Å². The van der Waals surface area contributed by atoms with Gasteiger partial charge in [-0.25, -0.2) is 0 Å². The van der Waals surface area contributed by atoms with Crippen LogP contribution in [0.25, 0.3) is 0 Å². The third-order valence-electron chi connectivity index (χ3n) is 3.98. The zero-order valence-electron chi connectivity index (χ0n) is 12.7. The van der Waals surface area contributed by atoms with Gasteiger partial charge in [0.05, 0.1) is 5.92 Å². The fourth-order valence-electron chi connectivity index (χ4n) is 2.30. The lowest BCUT2D eigenvalue weighted by Gasteiger charge is -2.17. The number of carboxylic acid groups (broad SMARTS) is 1. The highest BCUT2D eigenvalue weighted by Crippen LogP contribution is 2.26. The molecule has 0 radical (unpaired) electrons. The Morgan fingerprint density at radius 1 is 1.36 bits per heavy atom. The maximum Gasteiger partial charge on any atom is 0.308 e. The van der Waals surface area contributed by atoms with Crippen LogP contribution in [0.3, 0.4) is 0 Å². The molecule has 1 fully saturated rings. The van der Waals surface area contributed by atoms with Crippen LogP contribution in [0, 0.1) is 11.8 Å². The standard InChI is InChI=1S/C16H20N2O4/c1-3-10(2)15(20)17-12-4-6-13(7-5-12)18-9-11(16(21)22)8-14(18)19/h4-7,10-11H,3,8-9H2,1-2H3,(H,17,20)(H,21,22)/t10-,11-/m1/s1. The Labute approximate surface area is 129 Å². The van der Waals surface area contributed by atoms with Crippen LogP contribution in [0.15, 0.2) is 24.3 Å². The van der Waals surface area contributed by atoms with Gasteiger partial charge in [-0.1, -0.05) is 13.8 Å². The van der Waals surface area contributed by atoms with Gasteiger partial charge in [-0.15, -0.1) is 0 Å². The number of anilines is 2. The van der Waals surface area contributed by atoms with E-state index in [9.17, 15) is 14.4 Å². The summed E-state index contributed by atoms with van der Waals surface area (Å²) in [6.07, 6.45) is 0.796. The Balaban J connectivity index is 2.05. The van der Waals surface area contributed by atoms with Gasteiger partial charge in [-0.05, 0) is 30.7 Å². The number of nitrogens with one attached hydrogen (secondary N) is 1. The minimum Gasteiger partial charge on any atom is -0.481 e. The maximum absolute atomic E-state index is 11.9. The van der Waals surface area contributed by atoms with Crippen molar-refractivity contribution in [2.45, 2.75) is 26.7 Å². The minimum absolute atomic E-state index is 0.0296. The number of hydrogen-bond donors (Lipinski definition) is 2. The molecule has 1 aromatic rings. The molecule has 1 aliphatic rings. The monoisotopic (exact) mass is 304 g/mol. The number of rotatable bonds is 5. The lowest BCUT2D eigenvalue weighted by Crippen LogP contribution is -2.25. The van der Waals surface area contributed by atoms with E-state index in [-0.39, 0.29) is 30.7 Å². The highest BCUT2D eigenvalue weighted by atomic mass is 16.4. The lowest BCUT2D eigenvalue weighted by atomic mass is 10.1. The van der Waals surface area contributed by atoms with Crippen molar-refractivity contribution < 1.29 is 19.5 Å². The minimum atomic E-state index is -0.951. The molecule has 1 aromatic carbocycles. The van der Waals surface area contributed by atoms with Gasteiger partial charge >= 0.3 is 5.97 Å². The van der Waals surface area contributed by atoms with Crippen LogP contribution in [0.5, 0.6) is 0 Å². The largest absolute Gasteiger partial charge is 0.481 e. The molecule has 118 valence electrons. The third kappa shape index (κ3) is 3.44. The number of carbonyl (C=O) groups excluding carboxylic acids is 2. The quantitative estimate of drug-likeness (QED) is 0.872. The first-order valence-electron chi connectivity index (χ1n) is 7.36. The number of carboxylic acids is 1. The van der Waals surface area contributed by atoms with Crippen molar-refractivity contribution in [3.63, 3.8) is 0 Å². The van der Waals surface area contributed by atoms with Crippen molar-refractivity contribution >= 4 is 29.2 Å². The molecule has 1 heterocycles. The van der Waals surface area contributed by atoms with Crippen LogP contribution in [-0.2, 0) is 14.4 Å². The SMILES string of the molecule is CC[C@@H](C)C(=O)Nc1ccc(N2C[C@H](C(=O)O)CC2=O)cc1. The first kappa shape index (κ1) is 16.0. The van der Waals surface area contributed by atoms with E-state index in [1.807, 2.05) is 13.8 Å². The Bertz CT molecular complexity index is 582. The van der Waals surface area contributed by atoms with E-state index in [4.69, 9.17) is 5.11 Å². The van der Waals surface area contributed by atoms with Crippen molar-refractivity contribution in [3.05, 3.63) is 24.3 Å². The summed E-state index contributed by atoms with van der Waals surface area (Å²) in [6, 6.07) is 6.87. The van der Waals surface area contributed by atoms with Crippen LogP contribution in [0.4, 0.5) is 11.4 Å². The molecule has 2 amide bonds. The maximum atomic E-state index is 11.9. The summed E-state index contributed by atoms with van der Waals surface area (Å²) < 4.78 is 0. The molecule has 0 bridgehead atoms. The number of benzene rings is 1. The van der Waals surface area contributed by atoms with E-state index in [1.165, 1.54) is 4.90 Å². The molecule has 1 saturated heterocycles. The molecular formula is C16H20N2O4. The molecule has 0 aliphatic carbocycles. The smallest absolute Gasteiger partial charge is 0.308 e. The van der Waals surface area contributed by atoms with Crippen molar-refractivity contribution in [1.29, 1.82) is 0 Å². The second-order valence-corrected chi connectivity index (χ2v) is 5.59. The Kier molecular flexibility index (Phi) is 4.80. The average molecular weight is 304 g/mol. The predicted octanol–water partition coefficient (Wildman–Crippen LogP) is 2.11. The van der Waals surface area contributed by atoms with Crippen LogP contribution < -0.4 is 10.2 Å². The highest BCUT2D eigenvalue weighted by molar-refractivity contribution is 5.99. The summed E-state index contributed by atoms with van der Waals surface area (Å²) in [5.41, 5.74) is 1.31. The van der Waals surface area contributed by atoms with E-state index >= 15 is 0 Å². The summed E-state index contributed by atoms with van der Waals surface area (Å²) in [5, 5.41) is 11.8. The molecule has 2 rings (SSSR count). The molecule has 0 unspecified atom stereocenters. The van der Waals surface area contributed by atoms with Gasteiger partial charge in [0.25, 0.3) is 0 Å².